The molecule has 0 aliphatic rings. The third-order valence-electron chi connectivity index (χ3n) is 2.93. The van der Waals surface area contributed by atoms with Crippen molar-refractivity contribution >= 4 is 5.91 Å². The van der Waals surface area contributed by atoms with Gasteiger partial charge in [-0.25, -0.2) is 4.98 Å². The topological polar surface area (TPSA) is 77.6 Å². The van der Waals surface area contributed by atoms with E-state index in [2.05, 4.69) is 20.5 Å². The van der Waals surface area contributed by atoms with E-state index >= 15 is 0 Å². The van der Waals surface area contributed by atoms with Gasteiger partial charge in [-0.2, -0.15) is 10.2 Å². The third kappa shape index (κ3) is 3.40. The maximum atomic E-state index is 11.9. The van der Waals surface area contributed by atoms with Gasteiger partial charge in [0.15, 0.2) is 0 Å². The molecule has 0 aliphatic heterocycles. The minimum Gasteiger partial charge on any atom is -0.346 e. The highest BCUT2D eigenvalue weighted by molar-refractivity contribution is 5.76. The molecule has 0 spiro atoms. The van der Waals surface area contributed by atoms with Crippen molar-refractivity contribution in [3.63, 3.8) is 0 Å². The summed E-state index contributed by atoms with van der Waals surface area (Å²) in [6.07, 6.45) is 6.21. The molecule has 2 aromatic rings. The Morgan fingerprint density at radius 1 is 1.47 bits per heavy atom. The average Bonchev–Trinajstić information content (AvgIpc) is 3.05. The maximum absolute atomic E-state index is 11.9. The van der Waals surface area contributed by atoms with Crippen LogP contribution in [0.3, 0.4) is 0 Å². The van der Waals surface area contributed by atoms with Gasteiger partial charge in [0.05, 0.1) is 6.04 Å². The largest absolute Gasteiger partial charge is 0.346 e. The van der Waals surface area contributed by atoms with E-state index in [1.165, 1.54) is 6.33 Å². The number of nitrogens with one attached hydrogen (secondary N) is 1. The zero-order valence-corrected chi connectivity index (χ0v) is 11.2. The quantitative estimate of drug-likeness (QED) is 0.830. The molecule has 1 N–H and O–H groups in total. The van der Waals surface area contributed by atoms with Gasteiger partial charge in [0.25, 0.3) is 0 Å². The van der Waals surface area contributed by atoms with Crippen LogP contribution in [0.25, 0.3) is 0 Å². The van der Waals surface area contributed by atoms with Crippen LogP contribution in [-0.2, 0) is 18.4 Å². The lowest BCUT2D eigenvalue weighted by Gasteiger charge is -2.16. The van der Waals surface area contributed by atoms with Crippen LogP contribution in [0, 0.1) is 0 Å². The predicted octanol–water partition coefficient (Wildman–Crippen LogP) is 0.669. The molecule has 2 rings (SSSR count). The summed E-state index contributed by atoms with van der Waals surface area (Å²) in [5.74, 6) is 0.764. The fraction of sp³-hybridized carbons (Fsp3) is 0.500. The lowest BCUT2D eigenvalue weighted by Crippen LogP contribution is -2.30. The molecule has 7 nitrogen and oxygen atoms in total. The smallest absolute Gasteiger partial charge is 0.222 e. The first-order chi connectivity index (χ1) is 9.20. The van der Waals surface area contributed by atoms with Crippen LogP contribution < -0.4 is 5.32 Å². The molecule has 2 aromatic heterocycles. The summed E-state index contributed by atoms with van der Waals surface area (Å²) in [5, 5.41) is 11.1. The fourth-order valence-corrected chi connectivity index (χ4v) is 1.89. The first kappa shape index (κ1) is 13.3. The molecule has 0 saturated heterocycles. The van der Waals surface area contributed by atoms with Crippen LogP contribution in [0.1, 0.15) is 31.6 Å². The lowest BCUT2D eigenvalue weighted by atomic mass is 10.2. The summed E-state index contributed by atoms with van der Waals surface area (Å²) >= 11 is 0. The van der Waals surface area contributed by atoms with Crippen molar-refractivity contribution in [1.29, 1.82) is 0 Å². The average molecular weight is 262 g/mol. The first-order valence-electron chi connectivity index (χ1n) is 6.31. The molecule has 0 radical (unpaired) electrons. The molecule has 0 aromatic carbocycles. The molecule has 7 heteroatoms. The van der Waals surface area contributed by atoms with Gasteiger partial charge >= 0.3 is 0 Å². The molecule has 1 amide bonds. The molecule has 19 heavy (non-hydrogen) atoms. The van der Waals surface area contributed by atoms with Gasteiger partial charge < -0.3 is 5.32 Å². The Hall–Kier alpha value is -2.18. The normalized spacial score (nSPS) is 12.3. The Balaban J connectivity index is 1.88. The van der Waals surface area contributed by atoms with Crippen LogP contribution in [0.15, 0.2) is 24.8 Å². The van der Waals surface area contributed by atoms with Crippen molar-refractivity contribution in [3.8, 4) is 0 Å². The summed E-state index contributed by atoms with van der Waals surface area (Å²) in [6.45, 7) is 2.58. The number of hydrogen-bond donors (Lipinski definition) is 1. The highest BCUT2D eigenvalue weighted by atomic mass is 16.1. The van der Waals surface area contributed by atoms with E-state index < -0.39 is 0 Å². The van der Waals surface area contributed by atoms with Gasteiger partial charge in [0.2, 0.25) is 5.91 Å². The van der Waals surface area contributed by atoms with E-state index in [-0.39, 0.29) is 11.9 Å². The third-order valence-corrected chi connectivity index (χ3v) is 2.93. The molecule has 1 atom stereocenters. The Labute approximate surface area is 111 Å². The summed E-state index contributed by atoms with van der Waals surface area (Å²) in [4.78, 5) is 16.1. The zero-order chi connectivity index (χ0) is 13.7. The van der Waals surface area contributed by atoms with Gasteiger partial charge in [-0.05, 0) is 12.5 Å². The molecule has 0 bridgehead atoms. The first-order valence-corrected chi connectivity index (χ1v) is 6.31. The molecule has 0 saturated carbocycles. The van der Waals surface area contributed by atoms with E-state index in [9.17, 15) is 4.79 Å². The molecular formula is C12H18N6O. The minimum atomic E-state index is -0.0994. The second-order valence-electron chi connectivity index (χ2n) is 4.29. The second kappa shape index (κ2) is 6.12. The number of amides is 1. The number of aryl methyl sites for hydroxylation is 2. The number of rotatable bonds is 6. The number of nitrogens with zero attached hydrogens (tertiary/aromatic N) is 5. The van der Waals surface area contributed by atoms with Gasteiger partial charge in [0, 0.05) is 32.4 Å². The van der Waals surface area contributed by atoms with Crippen molar-refractivity contribution in [2.24, 2.45) is 7.05 Å². The van der Waals surface area contributed by atoms with Crippen molar-refractivity contribution in [1.82, 2.24) is 29.9 Å². The molecule has 0 aliphatic carbocycles. The van der Waals surface area contributed by atoms with Crippen molar-refractivity contribution < 1.29 is 4.79 Å². The second-order valence-corrected chi connectivity index (χ2v) is 4.29. The Morgan fingerprint density at radius 2 is 2.32 bits per heavy atom. The fourth-order valence-electron chi connectivity index (χ4n) is 1.89. The number of aromatic nitrogens is 5. The number of carbonyl (C=O) groups excluding carboxylic acids is 1. The monoisotopic (exact) mass is 262 g/mol. The van der Waals surface area contributed by atoms with Gasteiger partial charge in [0.1, 0.15) is 12.2 Å². The summed E-state index contributed by atoms with van der Waals surface area (Å²) in [6, 6.07) is 1.74. The highest BCUT2D eigenvalue weighted by Crippen LogP contribution is 2.12. The number of hydrogen-bond acceptors (Lipinski definition) is 4. The van der Waals surface area contributed by atoms with E-state index in [1.54, 1.807) is 15.6 Å². The SMILES string of the molecule is CCC(NC(=O)CCn1cccn1)c1ncnn1C. The van der Waals surface area contributed by atoms with Crippen molar-refractivity contribution in [2.75, 3.05) is 0 Å². The van der Waals surface area contributed by atoms with E-state index in [4.69, 9.17) is 0 Å². The summed E-state index contributed by atoms with van der Waals surface area (Å²) < 4.78 is 3.42. The molecule has 1 unspecified atom stereocenters. The van der Waals surface area contributed by atoms with Gasteiger partial charge in [-0.1, -0.05) is 6.92 Å². The Morgan fingerprint density at radius 3 is 2.89 bits per heavy atom. The predicted molar refractivity (Wildman–Crippen MR) is 69.0 cm³/mol. The maximum Gasteiger partial charge on any atom is 0.222 e. The molecular weight excluding hydrogens is 244 g/mol. The van der Waals surface area contributed by atoms with Crippen LogP contribution in [0.5, 0.6) is 0 Å². The van der Waals surface area contributed by atoms with E-state index in [0.717, 1.165) is 12.2 Å². The minimum absolute atomic E-state index is 0.00894. The van der Waals surface area contributed by atoms with Crippen LogP contribution in [0.4, 0.5) is 0 Å². The standard InChI is InChI=1S/C12H18N6O/c1-3-10(12-13-9-15-17(12)2)16-11(19)5-8-18-7-4-6-14-18/h4,6-7,9-10H,3,5,8H2,1-2H3,(H,16,19). The van der Waals surface area contributed by atoms with Crippen LogP contribution in [-0.4, -0.2) is 30.5 Å². The van der Waals surface area contributed by atoms with Crippen molar-refractivity contribution in [2.45, 2.75) is 32.4 Å². The summed E-state index contributed by atoms with van der Waals surface area (Å²) in [7, 11) is 1.82. The molecule has 2 heterocycles. The molecule has 0 fully saturated rings. The summed E-state index contributed by atoms with van der Waals surface area (Å²) in [5.41, 5.74) is 0. The van der Waals surface area contributed by atoms with E-state index in [0.29, 0.717) is 13.0 Å². The van der Waals surface area contributed by atoms with Gasteiger partial charge in [-0.3, -0.25) is 14.2 Å². The lowest BCUT2D eigenvalue weighted by molar-refractivity contribution is -0.122. The van der Waals surface area contributed by atoms with Crippen LogP contribution in [0.2, 0.25) is 0 Å². The van der Waals surface area contributed by atoms with Gasteiger partial charge in [-0.15, -0.1) is 0 Å². The Kier molecular flexibility index (Phi) is 4.27. The molecule has 102 valence electrons. The zero-order valence-electron chi connectivity index (χ0n) is 11.2. The van der Waals surface area contributed by atoms with Crippen LogP contribution >= 0.6 is 0 Å². The number of carbonyl (C=O) groups is 1. The Bertz CT molecular complexity index is 518. The highest BCUT2D eigenvalue weighted by Gasteiger charge is 2.16. The van der Waals surface area contributed by atoms with Crippen molar-refractivity contribution in [3.05, 3.63) is 30.6 Å². The van der Waals surface area contributed by atoms with E-state index in [1.807, 2.05) is 26.2 Å².